The number of rotatable bonds is 11. The number of carbonyl (C=O) groups excluding carboxylic acids is 3. The van der Waals surface area contributed by atoms with Crippen LogP contribution in [0.5, 0.6) is 5.75 Å². The Morgan fingerprint density at radius 3 is 2.53 bits per heavy atom. The van der Waals surface area contributed by atoms with E-state index >= 15 is 0 Å². The van der Waals surface area contributed by atoms with Crippen molar-refractivity contribution in [1.82, 2.24) is 35.1 Å². The van der Waals surface area contributed by atoms with Crippen molar-refractivity contribution in [2.24, 2.45) is 23.7 Å². The number of methoxy groups -OCH3 is 2. The molecular weight excluding hydrogens is 735 g/mol. The van der Waals surface area contributed by atoms with Crippen molar-refractivity contribution < 1.29 is 28.6 Å². The Morgan fingerprint density at radius 1 is 0.966 bits per heavy atom. The van der Waals surface area contributed by atoms with Gasteiger partial charge in [-0.3, -0.25) is 9.59 Å². The number of ether oxygens (including phenoxy) is 3. The summed E-state index contributed by atoms with van der Waals surface area (Å²) in [5.74, 6) is 3.13. The van der Waals surface area contributed by atoms with Crippen LogP contribution in [0.1, 0.15) is 89.6 Å². The maximum absolute atomic E-state index is 13.9. The summed E-state index contributed by atoms with van der Waals surface area (Å²) in [5.41, 5.74) is 6.84. The molecule has 2 aromatic heterocycles. The predicted molar refractivity (Wildman–Crippen MR) is 222 cm³/mol. The Bertz CT molecular complexity index is 2350. The molecule has 0 spiro atoms. The van der Waals surface area contributed by atoms with Crippen molar-refractivity contribution >= 4 is 39.7 Å². The molecule has 0 radical (unpaired) electrons. The lowest BCUT2D eigenvalue weighted by Crippen LogP contribution is -2.51. The average molecular weight is 790 g/mol. The van der Waals surface area contributed by atoms with E-state index in [1.54, 1.807) is 7.11 Å². The number of carbonyl (C=O) groups is 3. The number of hydrogen-bond donors (Lipinski definition) is 3. The Hall–Kier alpha value is -5.43. The molecule has 2 saturated heterocycles. The molecule has 8 rings (SSSR count). The van der Waals surface area contributed by atoms with Crippen LogP contribution in [0.25, 0.3) is 44.2 Å². The maximum atomic E-state index is 13.9. The zero-order valence-corrected chi connectivity index (χ0v) is 34.6. The molecule has 306 valence electrons. The lowest BCUT2D eigenvalue weighted by atomic mass is 9.92. The quantitative estimate of drug-likeness (QED) is 0.122. The van der Waals surface area contributed by atoms with Crippen molar-refractivity contribution in [3.63, 3.8) is 0 Å². The van der Waals surface area contributed by atoms with E-state index in [1.807, 2.05) is 29.8 Å². The highest BCUT2D eigenvalue weighted by Crippen LogP contribution is 2.44. The largest absolute Gasteiger partial charge is 0.488 e. The van der Waals surface area contributed by atoms with E-state index in [0.717, 1.165) is 86.4 Å². The van der Waals surface area contributed by atoms with Gasteiger partial charge in [0, 0.05) is 43.5 Å². The van der Waals surface area contributed by atoms with Gasteiger partial charge in [0.1, 0.15) is 30.0 Å². The molecule has 58 heavy (non-hydrogen) atoms. The first-order valence-electron chi connectivity index (χ1n) is 20.7. The second kappa shape index (κ2) is 16.1. The van der Waals surface area contributed by atoms with Crippen molar-refractivity contribution in [3.8, 4) is 28.1 Å². The number of likely N-dealkylation sites (tertiary alicyclic amines) is 2. The maximum Gasteiger partial charge on any atom is 0.407 e. The molecule has 5 heterocycles. The molecule has 13 heteroatoms. The van der Waals surface area contributed by atoms with E-state index in [1.165, 1.54) is 7.11 Å². The summed E-state index contributed by atoms with van der Waals surface area (Å²) in [5, 5.41) is 4.83. The minimum atomic E-state index is -0.688. The molecule has 0 unspecified atom stereocenters. The third kappa shape index (κ3) is 7.40. The highest BCUT2D eigenvalue weighted by atomic mass is 16.5. The number of aromatic nitrogens is 4. The zero-order chi connectivity index (χ0) is 40.8. The summed E-state index contributed by atoms with van der Waals surface area (Å²) >= 11 is 0. The van der Waals surface area contributed by atoms with Gasteiger partial charge in [0.2, 0.25) is 11.8 Å². The van der Waals surface area contributed by atoms with Gasteiger partial charge in [-0.25, -0.2) is 14.8 Å². The van der Waals surface area contributed by atoms with Crippen LogP contribution in [-0.4, -0.2) is 87.6 Å². The summed E-state index contributed by atoms with van der Waals surface area (Å²) < 4.78 is 16.8. The fourth-order valence-corrected chi connectivity index (χ4v) is 9.16. The van der Waals surface area contributed by atoms with Crippen LogP contribution < -0.4 is 10.1 Å². The summed E-state index contributed by atoms with van der Waals surface area (Å²) in [6, 6.07) is 13.8. The number of alkyl carbamates (subject to hydrolysis) is 1. The Labute approximate surface area is 339 Å². The summed E-state index contributed by atoms with van der Waals surface area (Å²) in [6.07, 6.45) is 4.03. The van der Waals surface area contributed by atoms with Gasteiger partial charge in [0.05, 0.1) is 48.7 Å². The van der Waals surface area contributed by atoms with E-state index in [2.05, 4.69) is 78.5 Å². The normalized spacial score (nSPS) is 21.2. The average Bonchev–Trinajstić information content (AvgIpc) is 4.04. The summed E-state index contributed by atoms with van der Waals surface area (Å²) in [6.45, 7) is 12.5. The van der Waals surface area contributed by atoms with Crippen LogP contribution in [0.3, 0.4) is 0 Å². The van der Waals surface area contributed by atoms with E-state index in [9.17, 15) is 14.4 Å². The first kappa shape index (κ1) is 39.4. The molecule has 3 aliphatic heterocycles. The molecular formula is C45H55N7O6. The van der Waals surface area contributed by atoms with Gasteiger partial charge in [-0.05, 0) is 76.9 Å². The number of H-pyrrole nitrogens is 2. The fourth-order valence-electron chi connectivity index (χ4n) is 9.16. The number of benzene rings is 3. The molecule has 3 aromatic carbocycles. The van der Waals surface area contributed by atoms with Crippen LogP contribution in [0, 0.1) is 23.7 Å². The van der Waals surface area contributed by atoms with Crippen LogP contribution >= 0.6 is 0 Å². The smallest absolute Gasteiger partial charge is 0.407 e. The fraction of sp³-hybridized carbons (Fsp3) is 0.489. The highest BCUT2D eigenvalue weighted by Gasteiger charge is 2.41. The monoisotopic (exact) mass is 789 g/mol. The number of imidazole rings is 2. The standard InChI is InChI=1S/C45H55N7O6/c1-8-26(5)40(50-45(55)57-7)44(54)52-20-25(4)14-36(52)42-46-19-35(48-42)29-9-11-31-30(16-29)23-58-38-18-32-28(17-33(31)38)10-12-34-41(32)49-43(47-34)37-15-27(22-56-6)21-51(37)39(53)13-24(2)3/h9-12,16-19,24-27,36-37,40H,8,13-15,20-23H2,1-7H3,(H,46,48)(H,47,49)(H,50,55)/t25-,26+,27-,36-,37-,40-/m0/s1. The number of hydrogen-bond acceptors (Lipinski definition) is 8. The highest BCUT2D eigenvalue weighted by molar-refractivity contribution is 6.07. The first-order valence-corrected chi connectivity index (χ1v) is 20.7. The molecule has 5 aromatic rings. The van der Waals surface area contributed by atoms with E-state index in [0.29, 0.717) is 32.7 Å². The molecule has 3 amide bonds. The molecule has 6 atom stereocenters. The lowest BCUT2D eigenvalue weighted by molar-refractivity contribution is -0.136. The van der Waals surface area contributed by atoms with Crippen molar-refractivity contribution in [2.45, 2.75) is 85.0 Å². The predicted octanol–water partition coefficient (Wildman–Crippen LogP) is 7.93. The van der Waals surface area contributed by atoms with Gasteiger partial charge in [0.15, 0.2) is 0 Å². The topological polar surface area (TPSA) is 155 Å². The van der Waals surface area contributed by atoms with Gasteiger partial charge in [-0.2, -0.15) is 0 Å². The molecule has 3 aliphatic rings. The molecule has 3 N–H and O–H groups in total. The van der Waals surface area contributed by atoms with Gasteiger partial charge in [0.25, 0.3) is 0 Å². The van der Waals surface area contributed by atoms with Crippen LogP contribution in [-0.2, 0) is 25.7 Å². The Morgan fingerprint density at radius 2 is 1.78 bits per heavy atom. The second-order valence-corrected chi connectivity index (χ2v) is 17.1. The number of aromatic amines is 2. The van der Waals surface area contributed by atoms with Gasteiger partial charge < -0.3 is 39.3 Å². The first-order chi connectivity index (χ1) is 28.0. The molecule has 0 saturated carbocycles. The minimum absolute atomic E-state index is 0.0643. The minimum Gasteiger partial charge on any atom is -0.488 e. The second-order valence-electron chi connectivity index (χ2n) is 17.1. The lowest BCUT2D eigenvalue weighted by Gasteiger charge is -2.30. The Kier molecular flexibility index (Phi) is 10.9. The van der Waals surface area contributed by atoms with Crippen molar-refractivity contribution in [2.75, 3.05) is 33.9 Å². The molecule has 2 fully saturated rings. The van der Waals surface area contributed by atoms with Crippen LogP contribution in [0.4, 0.5) is 4.79 Å². The van der Waals surface area contributed by atoms with E-state index in [-0.39, 0.29) is 47.6 Å². The van der Waals surface area contributed by atoms with E-state index in [4.69, 9.17) is 24.2 Å². The van der Waals surface area contributed by atoms with Crippen LogP contribution in [0.2, 0.25) is 0 Å². The molecule has 0 aliphatic carbocycles. The van der Waals surface area contributed by atoms with Crippen LogP contribution in [0.15, 0.2) is 48.7 Å². The molecule has 0 bridgehead atoms. The van der Waals surface area contributed by atoms with Gasteiger partial charge in [-0.15, -0.1) is 0 Å². The number of nitrogens with one attached hydrogen (secondary N) is 3. The molecule has 13 nitrogen and oxygen atoms in total. The van der Waals surface area contributed by atoms with Crippen molar-refractivity contribution in [1.29, 1.82) is 0 Å². The number of fused-ring (bicyclic) bond motifs is 6. The third-order valence-corrected chi connectivity index (χ3v) is 12.3. The van der Waals surface area contributed by atoms with Gasteiger partial charge in [-0.1, -0.05) is 59.2 Å². The third-order valence-electron chi connectivity index (χ3n) is 12.3. The number of amides is 3. The number of nitrogens with zero attached hydrogens (tertiary/aromatic N) is 4. The van der Waals surface area contributed by atoms with Gasteiger partial charge >= 0.3 is 6.09 Å². The SMILES string of the molecule is CC[C@@H](C)[C@H](NC(=O)OC)C(=O)N1C[C@@H](C)C[C@H]1c1ncc(-c2ccc3c(c2)COc2cc4c(ccc5[nH]c([C@@H]6C[C@H](COC)CN6C(=O)CC(C)C)nc54)cc2-3)[nH]1. The Balaban J connectivity index is 1.05. The summed E-state index contributed by atoms with van der Waals surface area (Å²) in [4.78, 5) is 60.4. The zero-order valence-electron chi connectivity index (χ0n) is 34.6. The summed E-state index contributed by atoms with van der Waals surface area (Å²) in [7, 11) is 3.02. The van der Waals surface area contributed by atoms with Crippen molar-refractivity contribution in [3.05, 3.63) is 65.9 Å². The van der Waals surface area contributed by atoms with E-state index < -0.39 is 12.1 Å².